The summed E-state index contributed by atoms with van der Waals surface area (Å²) in [4.78, 5) is 8.30. The fraction of sp³-hybridized carbons (Fsp3) is 0.375. The van der Waals surface area contributed by atoms with Crippen LogP contribution < -0.4 is 4.74 Å². The first-order valence-electron chi connectivity index (χ1n) is 6.57. The van der Waals surface area contributed by atoms with Crippen molar-refractivity contribution in [2.24, 2.45) is 0 Å². The average molecular weight is 272 g/mol. The Hall–Kier alpha value is -1.94. The van der Waals surface area contributed by atoms with Gasteiger partial charge in [-0.15, -0.1) is 0 Å². The van der Waals surface area contributed by atoms with Gasteiger partial charge in [-0.3, -0.25) is 4.98 Å². The van der Waals surface area contributed by atoms with Crippen molar-refractivity contribution >= 4 is 0 Å². The predicted octanol–water partition coefficient (Wildman–Crippen LogP) is 2.86. The van der Waals surface area contributed by atoms with Crippen molar-refractivity contribution in [2.45, 2.75) is 32.3 Å². The highest BCUT2D eigenvalue weighted by Crippen LogP contribution is 2.33. The zero-order chi connectivity index (χ0) is 14.8. The van der Waals surface area contributed by atoms with Gasteiger partial charge in [0.1, 0.15) is 11.8 Å². The quantitative estimate of drug-likeness (QED) is 0.933. The average Bonchev–Trinajstić information content (AvgIpc) is 2.45. The molecule has 1 aromatic carbocycles. The standard InChI is InChI=1S/C16H20N2O2/c1-16(2,3)12-8-6-5-7-11(12)14(19)13-15(20-4)18-10-9-17-13/h5-10,14,19H,1-4H3. The molecular formula is C16H20N2O2. The van der Waals surface area contributed by atoms with Gasteiger partial charge in [0.15, 0.2) is 0 Å². The number of benzene rings is 1. The minimum absolute atomic E-state index is 0.0625. The fourth-order valence-electron chi connectivity index (χ4n) is 2.25. The van der Waals surface area contributed by atoms with E-state index in [1.165, 1.54) is 7.11 Å². The van der Waals surface area contributed by atoms with E-state index in [4.69, 9.17) is 4.74 Å². The molecule has 0 saturated carbocycles. The van der Waals surface area contributed by atoms with Gasteiger partial charge in [-0.1, -0.05) is 45.0 Å². The molecule has 0 spiro atoms. The SMILES string of the molecule is COc1nccnc1C(O)c1ccccc1C(C)(C)C. The number of rotatable bonds is 3. The molecule has 106 valence electrons. The minimum atomic E-state index is -0.853. The lowest BCUT2D eigenvalue weighted by molar-refractivity contribution is 0.205. The lowest BCUT2D eigenvalue weighted by atomic mass is 9.82. The van der Waals surface area contributed by atoms with E-state index in [0.29, 0.717) is 11.6 Å². The van der Waals surface area contributed by atoms with E-state index in [9.17, 15) is 5.11 Å². The molecule has 1 N–H and O–H groups in total. The van der Waals surface area contributed by atoms with E-state index in [1.807, 2.05) is 24.3 Å². The molecule has 1 heterocycles. The van der Waals surface area contributed by atoms with Gasteiger partial charge < -0.3 is 9.84 Å². The molecule has 0 aliphatic rings. The van der Waals surface area contributed by atoms with Gasteiger partial charge in [0.2, 0.25) is 5.88 Å². The summed E-state index contributed by atoms with van der Waals surface area (Å²) in [7, 11) is 1.52. The van der Waals surface area contributed by atoms with Crippen molar-refractivity contribution in [3.8, 4) is 5.88 Å². The molecule has 2 rings (SSSR count). The molecule has 0 amide bonds. The smallest absolute Gasteiger partial charge is 0.238 e. The van der Waals surface area contributed by atoms with Crippen LogP contribution in [0, 0.1) is 0 Å². The normalized spacial score (nSPS) is 13.1. The Bertz CT molecular complexity index is 591. The van der Waals surface area contributed by atoms with Gasteiger partial charge in [-0.05, 0) is 16.5 Å². The van der Waals surface area contributed by atoms with Gasteiger partial charge >= 0.3 is 0 Å². The Morgan fingerprint density at radius 2 is 1.75 bits per heavy atom. The van der Waals surface area contributed by atoms with Crippen molar-refractivity contribution in [3.05, 3.63) is 53.5 Å². The van der Waals surface area contributed by atoms with Crippen LogP contribution in [0.4, 0.5) is 0 Å². The molecule has 1 unspecified atom stereocenters. The number of ether oxygens (including phenoxy) is 1. The van der Waals surface area contributed by atoms with Gasteiger partial charge in [0.05, 0.1) is 7.11 Å². The number of hydrogen-bond donors (Lipinski definition) is 1. The third-order valence-electron chi connectivity index (χ3n) is 3.21. The molecule has 0 aliphatic heterocycles. The Balaban J connectivity index is 2.52. The van der Waals surface area contributed by atoms with Crippen LogP contribution in [-0.2, 0) is 5.41 Å². The summed E-state index contributed by atoms with van der Waals surface area (Å²) in [5.41, 5.74) is 2.29. The van der Waals surface area contributed by atoms with Crippen LogP contribution in [0.25, 0.3) is 0 Å². The Labute approximate surface area is 119 Å². The molecule has 1 aromatic heterocycles. The molecule has 20 heavy (non-hydrogen) atoms. The van der Waals surface area contributed by atoms with E-state index in [2.05, 4.69) is 30.7 Å². The van der Waals surface area contributed by atoms with E-state index < -0.39 is 6.10 Å². The summed E-state index contributed by atoms with van der Waals surface area (Å²) in [5.74, 6) is 0.351. The predicted molar refractivity (Wildman–Crippen MR) is 77.8 cm³/mol. The molecule has 0 saturated heterocycles. The number of aromatic nitrogens is 2. The molecule has 0 aliphatic carbocycles. The Morgan fingerprint density at radius 3 is 2.40 bits per heavy atom. The summed E-state index contributed by atoms with van der Waals surface area (Å²) < 4.78 is 5.18. The second kappa shape index (κ2) is 5.59. The van der Waals surface area contributed by atoms with E-state index in [-0.39, 0.29) is 5.41 Å². The molecule has 0 bridgehead atoms. The van der Waals surface area contributed by atoms with Crippen LogP contribution in [0.2, 0.25) is 0 Å². The van der Waals surface area contributed by atoms with E-state index >= 15 is 0 Å². The number of methoxy groups -OCH3 is 1. The largest absolute Gasteiger partial charge is 0.480 e. The zero-order valence-electron chi connectivity index (χ0n) is 12.3. The van der Waals surface area contributed by atoms with Gasteiger partial charge in [-0.2, -0.15) is 0 Å². The van der Waals surface area contributed by atoms with Crippen LogP contribution in [-0.4, -0.2) is 22.2 Å². The zero-order valence-corrected chi connectivity index (χ0v) is 12.3. The number of aliphatic hydroxyl groups is 1. The monoisotopic (exact) mass is 272 g/mol. The third-order valence-corrected chi connectivity index (χ3v) is 3.21. The van der Waals surface area contributed by atoms with Crippen molar-refractivity contribution in [2.75, 3.05) is 7.11 Å². The van der Waals surface area contributed by atoms with Crippen LogP contribution in [0.1, 0.15) is 43.7 Å². The maximum absolute atomic E-state index is 10.7. The van der Waals surface area contributed by atoms with Crippen LogP contribution in [0.3, 0.4) is 0 Å². The summed E-state index contributed by atoms with van der Waals surface area (Å²) >= 11 is 0. The molecule has 0 radical (unpaired) electrons. The minimum Gasteiger partial charge on any atom is -0.480 e. The van der Waals surface area contributed by atoms with Crippen molar-refractivity contribution in [3.63, 3.8) is 0 Å². The second-order valence-corrected chi connectivity index (χ2v) is 5.69. The van der Waals surface area contributed by atoms with Crippen LogP contribution >= 0.6 is 0 Å². The van der Waals surface area contributed by atoms with Crippen molar-refractivity contribution in [1.82, 2.24) is 9.97 Å². The molecule has 0 fully saturated rings. The molecule has 4 heteroatoms. The highest BCUT2D eigenvalue weighted by atomic mass is 16.5. The summed E-state index contributed by atoms with van der Waals surface area (Å²) in [5, 5.41) is 10.7. The molecule has 4 nitrogen and oxygen atoms in total. The summed E-state index contributed by atoms with van der Waals surface area (Å²) in [6, 6.07) is 7.84. The lowest BCUT2D eigenvalue weighted by Crippen LogP contribution is -2.17. The highest BCUT2D eigenvalue weighted by Gasteiger charge is 2.25. The number of hydrogen-bond acceptors (Lipinski definition) is 4. The topological polar surface area (TPSA) is 55.2 Å². The first-order valence-corrected chi connectivity index (χ1v) is 6.57. The van der Waals surface area contributed by atoms with Gasteiger partial charge in [-0.25, -0.2) is 4.98 Å². The van der Waals surface area contributed by atoms with E-state index in [0.717, 1.165) is 11.1 Å². The first-order chi connectivity index (χ1) is 9.45. The second-order valence-electron chi connectivity index (χ2n) is 5.69. The van der Waals surface area contributed by atoms with Crippen molar-refractivity contribution in [1.29, 1.82) is 0 Å². The van der Waals surface area contributed by atoms with Crippen LogP contribution in [0.5, 0.6) is 5.88 Å². The Morgan fingerprint density at radius 1 is 1.10 bits per heavy atom. The maximum atomic E-state index is 10.7. The summed E-state index contributed by atoms with van der Waals surface area (Å²) in [6.45, 7) is 6.35. The number of aliphatic hydroxyl groups excluding tert-OH is 1. The van der Waals surface area contributed by atoms with E-state index in [1.54, 1.807) is 12.4 Å². The molecule has 1 atom stereocenters. The number of nitrogens with zero attached hydrogens (tertiary/aromatic N) is 2. The fourth-order valence-corrected chi connectivity index (χ4v) is 2.25. The first kappa shape index (κ1) is 14.5. The maximum Gasteiger partial charge on any atom is 0.238 e. The van der Waals surface area contributed by atoms with Crippen LogP contribution in [0.15, 0.2) is 36.7 Å². The molecular weight excluding hydrogens is 252 g/mol. The lowest BCUT2D eigenvalue weighted by Gasteiger charge is -2.25. The Kier molecular flexibility index (Phi) is 4.04. The van der Waals surface area contributed by atoms with Crippen molar-refractivity contribution < 1.29 is 9.84 Å². The van der Waals surface area contributed by atoms with Gasteiger partial charge in [0, 0.05) is 12.4 Å². The molecule has 2 aromatic rings. The van der Waals surface area contributed by atoms with Gasteiger partial charge in [0.25, 0.3) is 0 Å². The summed E-state index contributed by atoms with van der Waals surface area (Å²) in [6.07, 6.45) is 2.25. The third kappa shape index (κ3) is 2.80. The highest BCUT2D eigenvalue weighted by molar-refractivity contribution is 5.39.